The number of likely N-dealkylation sites (N-methyl/N-ethyl adjacent to an activating group) is 1. The first kappa shape index (κ1) is 15.0. The van der Waals surface area contributed by atoms with Crippen LogP contribution in [0.15, 0.2) is 24.3 Å². The van der Waals surface area contributed by atoms with Crippen molar-refractivity contribution in [2.45, 2.75) is 25.6 Å². The summed E-state index contributed by atoms with van der Waals surface area (Å²) in [6.45, 7) is 1.57. The average molecular weight is 270 g/mol. The Morgan fingerprint density at radius 3 is 2.32 bits per heavy atom. The summed E-state index contributed by atoms with van der Waals surface area (Å²) in [6.07, 6.45) is -4.41. The van der Waals surface area contributed by atoms with Crippen molar-refractivity contribution in [3.8, 4) is 6.07 Å². The fourth-order valence-corrected chi connectivity index (χ4v) is 1.41. The van der Waals surface area contributed by atoms with Crippen molar-refractivity contribution < 1.29 is 18.0 Å². The lowest BCUT2D eigenvalue weighted by molar-refractivity contribution is -0.137. The Balaban J connectivity index is 2.74. The predicted octanol–water partition coefficient (Wildman–Crippen LogP) is 2.62. The molecule has 19 heavy (non-hydrogen) atoms. The Kier molecular flexibility index (Phi) is 4.54. The van der Waals surface area contributed by atoms with Gasteiger partial charge in [0.25, 0.3) is 0 Å². The highest BCUT2D eigenvalue weighted by Gasteiger charge is 2.30. The number of carbonyl (C=O) groups excluding carboxylic acids is 1. The summed E-state index contributed by atoms with van der Waals surface area (Å²) in [7, 11) is 1.49. The van der Waals surface area contributed by atoms with Crippen molar-refractivity contribution in [1.82, 2.24) is 4.90 Å². The second-order valence-corrected chi connectivity index (χ2v) is 4.18. The maximum atomic E-state index is 12.4. The third kappa shape index (κ3) is 3.98. The van der Waals surface area contributed by atoms with Gasteiger partial charge in [-0.15, -0.1) is 0 Å². The van der Waals surface area contributed by atoms with Gasteiger partial charge in [0.05, 0.1) is 18.1 Å². The van der Waals surface area contributed by atoms with Crippen molar-refractivity contribution >= 4 is 5.91 Å². The van der Waals surface area contributed by atoms with Crippen molar-refractivity contribution in [1.29, 1.82) is 5.26 Å². The minimum atomic E-state index is -4.38. The van der Waals surface area contributed by atoms with Crippen molar-refractivity contribution in [2.24, 2.45) is 0 Å². The molecule has 0 heterocycles. The maximum absolute atomic E-state index is 12.4. The number of hydrogen-bond acceptors (Lipinski definition) is 2. The fourth-order valence-electron chi connectivity index (χ4n) is 1.41. The molecule has 1 amide bonds. The van der Waals surface area contributed by atoms with Crippen LogP contribution < -0.4 is 0 Å². The van der Waals surface area contributed by atoms with Crippen LogP contribution in [0.3, 0.4) is 0 Å². The van der Waals surface area contributed by atoms with Crippen LogP contribution in [0.2, 0.25) is 0 Å². The van der Waals surface area contributed by atoms with Gasteiger partial charge in [0, 0.05) is 7.05 Å². The van der Waals surface area contributed by atoms with Crippen molar-refractivity contribution in [2.75, 3.05) is 7.05 Å². The third-order valence-corrected chi connectivity index (χ3v) is 2.80. The molecule has 0 spiro atoms. The van der Waals surface area contributed by atoms with Crippen LogP contribution in [0.25, 0.3) is 0 Å². The molecule has 0 aliphatic heterocycles. The zero-order valence-electron chi connectivity index (χ0n) is 10.5. The highest BCUT2D eigenvalue weighted by Crippen LogP contribution is 2.29. The lowest BCUT2D eigenvalue weighted by atomic mass is 10.1. The van der Waals surface area contributed by atoms with Crippen LogP contribution in [0.5, 0.6) is 0 Å². The minimum Gasteiger partial charge on any atom is -0.330 e. The monoisotopic (exact) mass is 270 g/mol. The number of nitriles is 1. The third-order valence-electron chi connectivity index (χ3n) is 2.80. The fraction of sp³-hybridized carbons (Fsp3) is 0.385. The molecular formula is C13H13F3N2O. The minimum absolute atomic E-state index is 0.0271. The first-order chi connectivity index (χ1) is 8.75. The maximum Gasteiger partial charge on any atom is 0.416 e. The molecule has 0 aliphatic rings. The largest absolute Gasteiger partial charge is 0.416 e. The van der Waals surface area contributed by atoms with E-state index in [2.05, 4.69) is 0 Å². The van der Waals surface area contributed by atoms with Gasteiger partial charge in [0.1, 0.15) is 6.04 Å². The molecule has 0 bridgehead atoms. The van der Waals surface area contributed by atoms with Crippen LogP contribution in [0.4, 0.5) is 13.2 Å². The summed E-state index contributed by atoms with van der Waals surface area (Å²) in [5.74, 6) is -0.311. The van der Waals surface area contributed by atoms with E-state index in [1.807, 2.05) is 6.07 Å². The van der Waals surface area contributed by atoms with Crippen LogP contribution in [0, 0.1) is 11.3 Å². The van der Waals surface area contributed by atoms with Crippen LogP contribution in [-0.2, 0) is 17.4 Å². The van der Waals surface area contributed by atoms with E-state index >= 15 is 0 Å². The van der Waals surface area contributed by atoms with Gasteiger partial charge in [-0.05, 0) is 24.6 Å². The van der Waals surface area contributed by atoms with Gasteiger partial charge >= 0.3 is 6.18 Å². The van der Waals surface area contributed by atoms with Gasteiger partial charge in [-0.2, -0.15) is 18.4 Å². The summed E-state index contributed by atoms with van der Waals surface area (Å²) in [5, 5.41) is 8.68. The molecule has 0 aromatic heterocycles. The molecule has 0 saturated carbocycles. The van der Waals surface area contributed by atoms with E-state index in [0.717, 1.165) is 12.1 Å². The van der Waals surface area contributed by atoms with E-state index < -0.39 is 17.8 Å². The van der Waals surface area contributed by atoms with Gasteiger partial charge in [-0.3, -0.25) is 4.79 Å². The van der Waals surface area contributed by atoms with E-state index in [1.165, 1.54) is 24.1 Å². The molecule has 6 heteroatoms. The van der Waals surface area contributed by atoms with Crippen LogP contribution in [0.1, 0.15) is 18.1 Å². The summed E-state index contributed by atoms with van der Waals surface area (Å²) < 4.78 is 37.1. The number of hydrogen-bond donors (Lipinski definition) is 0. The molecule has 1 atom stereocenters. The second-order valence-electron chi connectivity index (χ2n) is 4.18. The molecule has 0 fully saturated rings. The number of halogens is 3. The zero-order chi connectivity index (χ0) is 14.6. The topological polar surface area (TPSA) is 44.1 Å². The van der Waals surface area contributed by atoms with Gasteiger partial charge < -0.3 is 4.90 Å². The second kappa shape index (κ2) is 5.74. The standard InChI is InChI=1S/C13H13F3N2O/c1-9(8-17)18(2)12(19)7-10-3-5-11(6-4-10)13(14,15)16/h3-6,9H,7H2,1-2H3. The zero-order valence-corrected chi connectivity index (χ0v) is 10.5. The molecule has 0 saturated heterocycles. The van der Waals surface area contributed by atoms with Gasteiger partial charge in [0.2, 0.25) is 5.91 Å². The predicted molar refractivity (Wildman–Crippen MR) is 63.0 cm³/mol. The highest BCUT2D eigenvalue weighted by molar-refractivity contribution is 5.79. The first-order valence-electron chi connectivity index (χ1n) is 5.57. The molecule has 0 N–H and O–H groups in total. The lowest BCUT2D eigenvalue weighted by Gasteiger charge is -2.19. The molecule has 3 nitrogen and oxygen atoms in total. The lowest BCUT2D eigenvalue weighted by Crippen LogP contribution is -2.35. The Labute approximate surface area is 109 Å². The van der Waals surface area contributed by atoms with Gasteiger partial charge in [-0.1, -0.05) is 12.1 Å². The molecule has 0 aliphatic carbocycles. The Bertz CT molecular complexity index is 488. The molecular weight excluding hydrogens is 257 g/mol. The normalized spacial score (nSPS) is 12.6. The number of benzene rings is 1. The summed E-state index contributed by atoms with van der Waals surface area (Å²) in [6, 6.07) is 5.77. The van der Waals surface area contributed by atoms with Crippen LogP contribution >= 0.6 is 0 Å². The highest BCUT2D eigenvalue weighted by atomic mass is 19.4. The van der Waals surface area contributed by atoms with E-state index in [9.17, 15) is 18.0 Å². The first-order valence-corrected chi connectivity index (χ1v) is 5.57. The Morgan fingerprint density at radius 1 is 1.37 bits per heavy atom. The molecule has 1 rings (SSSR count). The smallest absolute Gasteiger partial charge is 0.330 e. The molecule has 0 radical (unpaired) electrons. The molecule has 102 valence electrons. The van der Waals surface area contributed by atoms with Crippen LogP contribution in [-0.4, -0.2) is 23.9 Å². The molecule has 1 aromatic carbocycles. The quantitative estimate of drug-likeness (QED) is 0.847. The Hall–Kier alpha value is -2.03. The summed E-state index contributed by atoms with van der Waals surface area (Å²) >= 11 is 0. The number of nitrogens with zero attached hydrogens (tertiary/aromatic N) is 2. The van der Waals surface area contributed by atoms with E-state index in [-0.39, 0.29) is 12.3 Å². The average Bonchev–Trinajstić information content (AvgIpc) is 2.36. The van der Waals surface area contributed by atoms with Gasteiger partial charge in [-0.25, -0.2) is 0 Å². The molecule has 1 aromatic rings. The summed E-state index contributed by atoms with van der Waals surface area (Å²) in [4.78, 5) is 13.0. The summed E-state index contributed by atoms with van der Waals surface area (Å²) in [5.41, 5.74) is -0.266. The van der Waals surface area contributed by atoms with Crippen molar-refractivity contribution in [3.63, 3.8) is 0 Å². The molecule has 1 unspecified atom stereocenters. The number of amides is 1. The SMILES string of the molecule is CC(C#N)N(C)C(=O)Cc1ccc(C(F)(F)F)cc1. The van der Waals surface area contributed by atoms with Gasteiger partial charge in [0.15, 0.2) is 0 Å². The van der Waals surface area contributed by atoms with Crippen molar-refractivity contribution in [3.05, 3.63) is 35.4 Å². The number of carbonyl (C=O) groups is 1. The van der Waals surface area contributed by atoms with E-state index in [0.29, 0.717) is 5.56 Å². The number of rotatable bonds is 3. The number of alkyl halides is 3. The Morgan fingerprint density at radius 2 is 1.89 bits per heavy atom. The van der Waals surface area contributed by atoms with E-state index in [1.54, 1.807) is 6.92 Å². The van der Waals surface area contributed by atoms with E-state index in [4.69, 9.17) is 5.26 Å².